The first-order valence-electron chi connectivity index (χ1n) is 32.8. The van der Waals surface area contributed by atoms with E-state index >= 15 is 0 Å². The summed E-state index contributed by atoms with van der Waals surface area (Å²) in [6, 6.07) is 47.9. The Kier molecular flexibility index (Phi) is 29.6. The van der Waals surface area contributed by atoms with Gasteiger partial charge in [0.05, 0.1) is 0 Å². The average Bonchev–Trinajstić information content (AvgIpc) is 1.13. The van der Waals surface area contributed by atoms with Crippen LogP contribution in [0.25, 0.3) is 0 Å². The minimum absolute atomic E-state index is 0.00572. The van der Waals surface area contributed by atoms with Gasteiger partial charge in [0.2, 0.25) is 35.4 Å². The van der Waals surface area contributed by atoms with E-state index in [4.69, 9.17) is 14.2 Å². The van der Waals surface area contributed by atoms with Gasteiger partial charge in [-0.15, -0.1) is 0 Å². The van der Waals surface area contributed by atoms with Gasteiger partial charge in [-0.05, 0) is 95.7 Å². The van der Waals surface area contributed by atoms with E-state index in [-0.39, 0.29) is 77.8 Å². The maximum atomic E-state index is 14.5. The van der Waals surface area contributed by atoms with Crippen LogP contribution in [-0.2, 0) is 81.5 Å². The molecular weight excluding hydrogens is 1230 g/mol. The molecule has 6 atom stereocenters. The van der Waals surface area contributed by atoms with Crippen LogP contribution in [0.5, 0.6) is 0 Å². The van der Waals surface area contributed by atoms with Crippen LogP contribution in [-0.4, -0.2) is 151 Å². The fourth-order valence-electron chi connectivity index (χ4n) is 10.2. The van der Waals surface area contributed by atoms with Crippen molar-refractivity contribution in [1.82, 2.24) is 52.8 Å². The normalized spacial score (nSPS) is 13.3. The number of nitrogens with one attached hydrogen (secondary N) is 9. The summed E-state index contributed by atoms with van der Waals surface area (Å²) in [5.41, 5.74) is 1.90. The highest BCUT2D eigenvalue weighted by molar-refractivity contribution is 5.94. The number of rotatable bonds is 33. The topological polar surface area (TPSA) is 293 Å². The van der Waals surface area contributed by atoms with Gasteiger partial charge in [-0.3, -0.25) is 33.7 Å². The third kappa shape index (κ3) is 29.6. The largest absolute Gasteiger partial charge is 0.444 e. The molecule has 0 aromatic heterocycles. The molecule has 0 heterocycles. The Hall–Kier alpha value is -10.1. The quantitative estimate of drug-likeness (QED) is 0.0184. The summed E-state index contributed by atoms with van der Waals surface area (Å²) < 4.78 is 16.6. The number of hydrogen-bond acceptors (Lipinski definition) is 13. The van der Waals surface area contributed by atoms with Crippen LogP contribution in [0.4, 0.5) is 14.4 Å². The standard InChI is InChI=1S/C75H96N10O12/c1-73(2,3)95-70(92)82-61(49-55-34-22-13-23-35-55)67(89)79-58(46-52-28-16-10-17-29-52)64(86)76-40-43-85(44-41-77-65(87)59(47-53-30-18-11-19-31-53)80-68(90)62(50-56-36-24-14-25-37-56)83-71(93)96-74(4,5)6)45-42-78-66(88)60(48-54-32-20-12-21-33-54)81-69(91)63(51-57-38-26-15-27-39-57)84-72(94)97-75(7,8)9/h10-39,58-63H,40-51H2,1-9H3,(H,76,86)(H,77,87)(H,78,88)(H,79,89)(H,80,90)(H,81,91)(H,82,92)(H,83,93)(H,84,94)/t58-,59-,60?,61-,62-,63-/m0/s1. The molecule has 0 saturated heterocycles. The predicted molar refractivity (Wildman–Crippen MR) is 372 cm³/mol. The number of benzene rings is 6. The smallest absolute Gasteiger partial charge is 0.408 e. The van der Waals surface area contributed by atoms with Crippen LogP contribution in [0.15, 0.2) is 182 Å². The van der Waals surface area contributed by atoms with Gasteiger partial charge in [0, 0.05) is 77.8 Å². The summed E-state index contributed by atoms with van der Waals surface area (Å²) in [5.74, 6) is -3.48. The molecule has 0 radical (unpaired) electrons. The first-order chi connectivity index (χ1) is 46.1. The highest BCUT2D eigenvalue weighted by atomic mass is 16.6. The van der Waals surface area contributed by atoms with Crippen molar-refractivity contribution in [2.75, 3.05) is 39.3 Å². The molecule has 22 heteroatoms. The molecule has 0 spiro atoms. The number of ether oxygens (including phenoxy) is 3. The van der Waals surface area contributed by atoms with Crippen LogP contribution < -0.4 is 47.9 Å². The molecule has 0 fully saturated rings. The van der Waals surface area contributed by atoms with Crippen molar-refractivity contribution in [3.63, 3.8) is 0 Å². The Morgan fingerprint density at radius 3 is 0.629 bits per heavy atom. The van der Waals surface area contributed by atoms with E-state index in [1.165, 1.54) is 0 Å². The minimum atomic E-state index is -1.14. The molecule has 9 amide bonds. The zero-order valence-electron chi connectivity index (χ0n) is 57.1. The van der Waals surface area contributed by atoms with Crippen molar-refractivity contribution in [2.24, 2.45) is 0 Å². The van der Waals surface area contributed by atoms with E-state index in [9.17, 15) is 43.2 Å². The second-order valence-corrected chi connectivity index (χ2v) is 26.6. The lowest BCUT2D eigenvalue weighted by atomic mass is 10.0. The zero-order valence-corrected chi connectivity index (χ0v) is 57.1. The first kappa shape index (κ1) is 75.9. The summed E-state index contributed by atoms with van der Waals surface area (Å²) in [5, 5.41) is 25.8. The molecule has 518 valence electrons. The highest BCUT2D eigenvalue weighted by Gasteiger charge is 2.33. The van der Waals surface area contributed by atoms with Crippen molar-refractivity contribution in [3.05, 3.63) is 215 Å². The molecule has 97 heavy (non-hydrogen) atoms. The summed E-state index contributed by atoms with van der Waals surface area (Å²) in [6.45, 7) is 15.8. The summed E-state index contributed by atoms with van der Waals surface area (Å²) in [6.07, 6.45) is -1.92. The van der Waals surface area contributed by atoms with Gasteiger partial charge in [0.1, 0.15) is 53.1 Å². The maximum absolute atomic E-state index is 14.5. The van der Waals surface area contributed by atoms with E-state index in [2.05, 4.69) is 47.9 Å². The molecule has 1 unspecified atom stereocenters. The Morgan fingerprint density at radius 1 is 0.278 bits per heavy atom. The van der Waals surface area contributed by atoms with Gasteiger partial charge in [-0.2, -0.15) is 0 Å². The number of hydrogen-bond donors (Lipinski definition) is 9. The molecular formula is C75H96N10O12. The zero-order chi connectivity index (χ0) is 70.4. The Bertz CT molecular complexity index is 3100. The van der Waals surface area contributed by atoms with Gasteiger partial charge in [0.25, 0.3) is 0 Å². The van der Waals surface area contributed by atoms with Crippen LogP contribution in [0, 0.1) is 0 Å². The Labute approximate surface area is 569 Å². The molecule has 0 saturated carbocycles. The molecule has 22 nitrogen and oxygen atoms in total. The molecule has 0 aliphatic carbocycles. The molecule has 6 rings (SSSR count). The third-order valence-corrected chi connectivity index (χ3v) is 14.8. The van der Waals surface area contributed by atoms with Crippen molar-refractivity contribution < 1.29 is 57.4 Å². The fourth-order valence-corrected chi connectivity index (χ4v) is 10.2. The third-order valence-electron chi connectivity index (χ3n) is 14.8. The Morgan fingerprint density at radius 2 is 0.454 bits per heavy atom. The van der Waals surface area contributed by atoms with E-state index < -0.39 is 107 Å². The van der Waals surface area contributed by atoms with Gasteiger partial charge in [-0.1, -0.05) is 182 Å². The van der Waals surface area contributed by atoms with Crippen LogP contribution in [0.3, 0.4) is 0 Å². The first-order valence-corrected chi connectivity index (χ1v) is 32.8. The number of nitrogens with zero attached hydrogens (tertiary/aromatic N) is 1. The lowest BCUT2D eigenvalue weighted by Gasteiger charge is -2.27. The molecule has 9 N–H and O–H groups in total. The summed E-state index contributed by atoms with van der Waals surface area (Å²) in [4.78, 5) is 128. The van der Waals surface area contributed by atoms with E-state index in [1.54, 1.807) is 62.3 Å². The molecule has 6 aromatic rings. The Balaban J connectivity index is 1.24. The van der Waals surface area contributed by atoms with Crippen molar-refractivity contribution >= 4 is 53.7 Å². The minimum Gasteiger partial charge on any atom is -0.444 e. The number of alkyl carbamates (subject to hydrolysis) is 3. The fraction of sp³-hybridized carbons (Fsp3) is 0.400. The molecule has 0 aliphatic heterocycles. The highest BCUT2D eigenvalue weighted by Crippen LogP contribution is 2.15. The number of amides is 9. The van der Waals surface area contributed by atoms with Gasteiger partial charge in [0.15, 0.2) is 0 Å². The van der Waals surface area contributed by atoms with Gasteiger partial charge < -0.3 is 62.1 Å². The number of carbonyl (C=O) groups is 9. The second kappa shape index (κ2) is 37.9. The van der Waals surface area contributed by atoms with E-state index in [0.29, 0.717) is 0 Å². The monoisotopic (exact) mass is 1330 g/mol. The lowest BCUT2D eigenvalue weighted by molar-refractivity contribution is -0.130. The van der Waals surface area contributed by atoms with Gasteiger partial charge >= 0.3 is 18.3 Å². The second-order valence-electron chi connectivity index (χ2n) is 26.6. The summed E-state index contributed by atoms with van der Waals surface area (Å²) >= 11 is 0. The predicted octanol–water partition coefficient (Wildman–Crippen LogP) is 7.23. The molecule has 0 aliphatic rings. The van der Waals surface area contributed by atoms with E-state index in [0.717, 1.165) is 33.4 Å². The number of carbonyl (C=O) groups excluding carboxylic acids is 9. The van der Waals surface area contributed by atoms with Crippen LogP contribution >= 0.6 is 0 Å². The average molecular weight is 1330 g/mol. The summed E-state index contributed by atoms with van der Waals surface area (Å²) in [7, 11) is 0. The SMILES string of the molecule is CC(C)(C)OC(=O)N[C@@H](Cc1ccccc1)C(=O)NC(Cc1ccccc1)C(=O)NCCN(CCNC(=O)[C@H](Cc1ccccc1)NC(=O)[C@H](Cc1ccccc1)NC(=O)OC(C)(C)C)CCNC(=O)[C@H](Cc1ccccc1)NC(=O)[C@H](Cc1ccccc1)NC(=O)OC(C)(C)C. The van der Waals surface area contributed by atoms with Crippen molar-refractivity contribution in [1.29, 1.82) is 0 Å². The van der Waals surface area contributed by atoms with Crippen molar-refractivity contribution in [3.8, 4) is 0 Å². The van der Waals surface area contributed by atoms with Gasteiger partial charge in [-0.25, -0.2) is 14.4 Å². The lowest BCUT2D eigenvalue weighted by Crippen LogP contribution is -2.56. The van der Waals surface area contributed by atoms with Crippen LogP contribution in [0.1, 0.15) is 95.7 Å². The molecule has 0 bridgehead atoms. The van der Waals surface area contributed by atoms with Crippen molar-refractivity contribution in [2.45, 2.75) is 154 Å². The van der Waals surface area contributed by atoms with Crippen LogP contribution in [0.2, 0.25) is 0 Å². The molecule has 6 aromatic carbocycles. The van der Waals surface area contributed by atoms with E-state index in [1.807, 2.05) is 187 Å². The maximum Gasteiger partial charge on any atom is 0.408 e.